The fraction of sp³-hybridized carbons (Fsp3) is 0.316. The molecule has 2 atom stereocenters. The Morgan fingerprint density at radius 2 is 2.00 bits per heavy atom. The topological polar surface area (TPSA) is 81.2 Å². The molecule has 6 nitrogen and oxygen atoms in total. The van der Waals surface area contributed by atoms with Gasteiger partial charge in [-0.3, -0.25) is 4.79 Å². The number of furan rings is 1. The second kappa shape index (κ2) is 8.23. The van der Waals surface area contributed by atoms with Crippen molar-refractivity contribution < 1.29 is 13.6 Å². The monoisotopic (exact) mass is 371 g/mol. The number of nitrogens with zero attached hydrogens (tertiary/aromatic N) is 2. The fourth-order valence-electron chi connectivity index (χ4n) is 2.46. The predicted octanol–water partition coefficient (Wildman–Crippen LogP) is 4.96. The van der Waals surface area contributed by atoms with E-state index in [0.29, 0.717) is 22.8 Å². The SMILES string of the molecule is CC[C@@H](C)c1ccccc1NC(=O)[C@H](C)Sc1nnc(-c2ccco2)o1. The molecule has 0 unspecified atom stereocenters. The molecule has 0 aliphatic carbocycles. The molecular weight excluding hydrogens is 350 g/mol. The molecule has 0 saturated carbocycles. The number of rotatable bonds is 7. The normalized spacial score (nSPS) is 13.3. The Balaban J connectivity index is 1.66. The molecule has 0 spiro atoms. The second-order valence-corrected chi connectivity index (χ2v) is 7.29. The van der Waals surface area contributed by atoms with E-state index in [1.54, 1.807) is 12.1 Å². The quantitative estimate of drug-likeness (QED) is 0.591. The van der Waals surface area contributed by atoms with Gasteiger partial charge < -0.3 is 14.2 Å². The molecule has 1 amide bonds. The first-order valence-electron chi connectivity index (χ1n) is 8.52. The number of carbonyl (C=O) groups is 1. The molecule has 0 fully saturated rings. The van der Waals surface area contributed by atoms with Crippen LogP contribution in [0.15, 0.2) is 56.7 Å². The van der Waals surface area contributed by atoms with Crippen LogP contribution in [0.4, 0.5) is 5.69 Å². The number of benzene rings is 1. The van der Waals surface area contributed by atoms with Gasteiger partial charge in [-0.25, -0.2) is 0 Å². The number of amides is 1. The lowest BCUT2D eigenvalue weighted by atomic mass is 9.97. The lowest BCUT2D eigenvalue weighted by molar-refractivity contribution is -0.115. The van der Waals surface area contributed by atoms with Gasteiger partial charge in [-0.2, -0.15) is 0 Å². The number of anilines is 1. The van der Waals surface area contributed by atoms with E-state index in [4.69, 9.17) is 8.83 Å². The molecule has 7 heteroatoms. The van der Waals surface area contributed by atoms with Crippen LogP contribution in [0.25, 0.3) is 11.7 Å². The van der Waals surface area contributed by atoms with Gasteiger partial charge in [0, 0.05) is 5.69 Å². The van der Waals surface area contributed by atoms with E-state index >= 15 is 0 Å². The number of nitrogens with one attached hydrogen (secondary N) is 1. The summed E-state index contributed by atoms with van der Waals surface area (Å²) in [6, 6.07) is 11.4. The zero-order valence-electron chi connectivity index (χ0n) is 14.9. The van der Waals surface area contributed by atoms with E-state index in [1.165, 1.54) is 18.0 Å². The van der Waals surface area contributed by atoms with Gasteiger partial charge in [0.25, 0.3) is 11.1 Å². The number of carbonyl (C=O) groups excluding carboxylic acids is 1. The summed E-state index contributed by atoms with van der Waals surface area (Å²) in [5.41, 5.74) is 1.99. The number of hydrogen-bond donors (Lipinski definition) is 1. The molecule has 0 aliphatic heterocycles. The standard InChI is InChI=1S/C19H21N3O3S/c1-4-12(2)14-8-5-6-9-15(14)20-17(23)13(3)26-19-22-21-18(25-19)16-10-7-11-24-16/h5-13H,4H2,1-3H3,(H,20,23)/t12-,13+/m1/s1. The van der Waals surface area contributed by atoms with Gasteiger partial charge in [-0.1, -0.05) is 43.8 Å². The maximum atomic E-state index is 12.6. The number of hydrogen-bond acceptors (Lipinski definition) is 6. The maximum Gasteiger partial charge on any atom is 0.284 e. The molecule has 136 valence electrons. The third-order valence-corrected chi connectivity index (χ3v) is 5.08. The Bertz CT molecular complexity index is 861. The minimum absolute atomic E-state index is 0.108. The minimum Gasteiger partial charge on any atom is -0.459 e. The van der Waals surface area contributed by atoms with Crippen molar-refractivity contribution in [2.24, 2.45) is 0 Å². The largest absolute Gasteiger partial charge is 0.459 e. The van der Waals surface area contributed by atoms with Crippen molar-refractivity contribution in [2.45, 2.75) is 43.6 Å². The van der Waals surface area contributed by atoms with Crippen molar-refractivity contribution in [3.8, 4) is 11.7 Å². The van der Waals surface area contributed by atoms with Crippen molar-refractivity contribution in [1.82, 2.24) is 10.2 Å². The van der Waals surface area contributed by atoms with Crippen LogP contribution in [-0.4, -0.2) is 21.4 Å². The average Bonchev–Trinajstić information content (AvgIpc) is 3.33. The summed E-state index contributed by atoms with van der Waals surface area (Å²) >= 11 is 1.22. The zero-order valence-corrected chi connectivity index (χ0v) is 15.7. The molecular formula is C19H21N3O3S. The fourth-order valence-corrected chi connectivity index (χ4v) is 3.14. The van der Waals surface area contributed by atoms with Crippen molar-refractivity contribution in [3.63, 3.8) is 0 Å². The van der Waals surface area contributed by atoms with Crippen LogP contribution in [0.1, 0.15) is 38.7 Å². The lowest BCUT2D eigenvalue weighted by Crippen LogP contribution is -2.23. The van der Waals surface area contributed by atoms with Crippen LogP contribution >= 0.6 is 11.8 Å². The third-order valence-electron chi connectivity index (χ3n) is 4.15. The molecule has 1 N–H and O–H groups in total. The first-order chi connectivity index (χ1) is 12.6. The summed E-state index contributed by atoms with van der Waals surface area (Å²) in [6.45, 7) is 6.09. The Morgan fingerprint density at radius 3 is 2.73 bits per heavy atom. The van der Waals surface area contributed by atoms with Crippen LogP contribution in [0.2, 0.25) is 0 Å². The van der Waals surface area contributed by atoms with Crippen LogP contribution in [0.3, 0.4) is 0 Å². The summed E-state index contributed by atoms with van der Waals surface area (Å²) in [7, 11) is 0. The van der Waals surface area contributed by atoms with Gasteiger partial charge >= 0.3 is 0 Å². The Labute approximate surface area is 156 Å². The Kier molecular flexibility index (Phi) is 5.78. The van der Waals surface area contributed by atoms with Gasteiger partial charge in [-0.15, -0.1) is 10.2 Å². The molecule has 2 heterocycles. The van der Waals surface area contributed by atoms with Crippen LogP contribution in [-0.2, 0) is 4.79 Å². The highest BCUT2D eigenvalue weighted by molar-refractivity contribution is 8.00. The second-order valence-electron chi connectivity index (χ2n) is 6.00. The molecule has 1 aromatic carbocycles. The van der Waals surface area contributed by atoms with Gasteiger partial charge in [0.2, 0.25) is 5.91 Å². The summed E-state index contributed by atoms with van der Waals surface area (Å²) in [4.78, 5) is 12.6. The van der Waals surface area contributed by atoms with Crippen molar-refractivity contribution in [2.75, 3.05) is 5.32 Å². The molecule has 3 aromatic rings. The molecule has 0 bridgehead atoms. The summed E-state index contributed by atoms with van der Waals surface area (Å²) in [5.74, 6) is 1.07. The smallest absolute Gasteiger partial charge is 0.284 e. The lowest BCUT2D eigenvalue weighted by Gasteiger charge is -2.17. The molecule has 26 heavy (non-hydrogen) atoms. The van der Waals surface area contributed by atoms with Crippen LogP contribution in [0, 0.1) is 0 Å². The van der Waals surface area contributed by atoms with Crippen LogP contribution in [0.5, 0.6) is 0 Å². The third kappa shape index (κ3) is 4.16. The average molecular weight is 371 g/mol. The van der Waals surface area contributed by atoms with Crippen LogP contribution < -0.4 is 5.32 Å². The Morgan fingerprint density at radius 1 is 1.19 bits per heavy atom. The van der Waals surface area contributed by atoms with Crippen molar-refractivity contribution in [1.29, 1.82) is 0 Å². The van der Waals surface area contributed by atoms with E-state index in [9.17, 15) is 4.79 Å². The first kappa shape index (κ1) is 18.3. The van der Waals surface area contributed by atoms with E-state index in [2.05, 4.69) is 35.4 Å². The zero-order chi connectivity index (χ0) is 18.5. The maximum absolute atomic E-state index is 12.6. The van der Waals surface area contributed by atoms with Crippen molar-refractivity contribution in [3.05, 3.63) is 48.2 Å². The molecule has 0 radical (unpaired) electrons. The minimum atomic E-state index is -0.384. The van der Waals surface area contributed by atoms with Crippen molar-refractivity contribution >= 4 is 23.4 Å². The predicted molar refractivity (Wildman–Crippen MR) is 101 cm³/mol. The number of thioether (sulfide) groups is 1. The summed E-state index contributed by atoms with van der Waals surface area (Å²) in [6.07, 6.45) is 2.55. The molecule has 0 aliphatic rings. The molecule has 2 aromatic heterocycles. The van der Waals surface area contributed by atoms with Gasteiger partial charge in [0.05, 0.1) is 11.5 Å². The first-order valence-corrected chi connectivity index (χ1v) is 9.40. The molecule has 3 rings (SSSR count). The number of aromatic nitrogens is 2. The summed E-state index contributed by atoms with van der Waals surface area (Å²) < 4.78 is 10.8. The van der Waals surface area contributed by atoms with E-state index in [0.717, 1.165) is 17.7 Å². The number of para-hydroxylation sites is 1. The molecule has 0 saturated heterocycles. The summed E-state index contributed by atoms with van der Waals surface area (Å²) in [5, 5.41) is 10.9. The highest BCUT2D eigenvalue weighted by atomic mass is 32.2. The Hall–Kier alpha value is -2.54. The van der Waals surface area contributed by atoms with E-state index in [1.807, 2.05) is 25.1 Å². The van der Waals surface area contributed by atoms with E-state index < -0.39 is 0 Å². The van der Waals surface area contributed by atoms with Gasteiger partial charge in [0.15, 0.2) is 5.76 Å². The van der Waals surface area contributed by atoms with Gasteiger partial charge in [-0.05, 0) is 43.0 Å². The highest BCUT2D eigenvalue weighted by Crippen LogP contribution is 2.29. The highest BCUT2D eigenvalue weighted by Gasteiger charge is 2.20. The van der Waals surface area contributed by atoms with Gasteiger partial charge in [0.1, 0.15) is 0 Å². The van der Waals surface area contributed by atoms with E-state index in [-0.39, 0.29) is 11.2 Å².